The van der Waals surface area contributed by atoms with Gasteiger partial charge in [-0.1, -0.05) is 17.7 Å². The molecule has 6 heteroatoms. The zero-order valence-electron chi connectivity index (χ0n) is 13.6. The molecular formula is C17H22BrClN2O2. The average Bonchev–Trinajstić information content (AvgIpc) is 2.89. The van der Waals surface area contributed by atoms with Gasteiger partial charge in [0, 0.05) is 30.1 Å². The molecule has 2 atom stereocenters. The number of fused-ring (bicyclic) bond motifs is 1. The number of rotatable bonds is 3. The van der Waals surface area contributed by atoms with Gasteiger partial charge in [-0.25, -0.2) is 4.79 Å². The number of nitrogens with zero attached hydrogens (tertiary/aromatic N) is 1. The van der Waals surface area contributed by atoms with E-state index in [9.17, 15) is 4.79 Å². The van der Waals surface area contributed by atoms with Crippen LogP contribution in [-0.4, -0.2) is 35.7 Å². The summed E-state index contributed by atoms with van der Waals surface area (Å²) >= 11 is 9.51. The maximum Gasteiger partial charge on any atom is 0.410 e. The van der Waals surface area contributed by atoms with Crippen molar-refractivity contribution in [1.82, 2.24) is 10.2 Å². The molecule has 0 bridgehead atoms. The second-order valence-electron chi connectivity index (χ2n) is 7.37. The van der Waals surface area contributed by atoms with Crippen molar-refractivity contribution in [2.45, 2.75) is 39.0 Å². The topological polar surface area (TPSA) is 41.6 Å². The highest BCUT2D eigenvalue weighted by Crippen LogP contribution is 2.46. The van der Waals surface area contributed by atoms with Crippen molar-refractivity contribution in [3.63, 3.8) is 0 Å². The van der Waals surface area contributed by atoms with E-state index in [4.69, 9.17) is 16.3 Å². The zero-order valence-corrected chi connectivity index (χ0v) is 15.9. The summed E-state index contributed by atoms with van der Waals surface area (Å²) in [5.74, 6) is 1.10. The lowest BCUT2D eigenvalue weighted by Gasteiger charge is -2.26. The summed E-state index contributed by atoms with van der Waals surface area (Å²) < 4.78 is 6.34. The van der Waals surface area contributed by atoms with E-state index in [0.29, 0.717) is 17.9 Å². The van der Waals surface area contributed by atoms with Gasteiger partial charge in [-0.2, -0.15) is 0 Å². The minimum atomic E-state index is -0.428. The summed E-state index contributed by atoms with van der Waals surface area (Å²) in [5, 5.41) is 4.31. The molecule has 1 aromatic rings. The zero-order chi connectivity index (χ0) is 16.8. The third-order valence-corrected chi connectivity index (χ3v) is 5.60. The lowest BCUT2D eigenvalue weighted by molar-refractivity contribution is 0.0269. The fourth-order valence-electron chi connectivity index (χ4n) is 3.19. The highest BCUT2D eigenvalue weighted by atomic mass is 79.9. The monoisotopic (exact) mass is 400 g/mol. The predicted molar refractivity (Wildman–Crippen MR) is 94.6 cm³/mol. The summed E-state index contributed by atoms with van der Waals surface area (Å²) in [6, 6.07) is 6.51. The van der Waals surface area contributed by atoms with Gasteiger partial charge >= 0.3 is 6.09 Å². The molecular weight excluding hydrogens is 380 g/mol. The molecule has 2 unspecified atom stereocenters. The Morgan fingerprint density at radius 3 is 2.61 bits per heavy atom. The lowest BCUT2D eigenvalue weighted by atomic mass is 10.2. The Balaban J connectivity index is 1.45. The Hall–Kier alpha value is -0.780. The number of nitrogens with one attached hydrogen (secondary N) is 1. The molecule has 1 saturated carbocycles. The predicted octanol–water partition coefficient (Wildman–Crippen LogP) is 4.06. The summed E-state index contributed by atoms with van der Waals surface area (Å²) in [7, 11) is 0. The van der Waals surface area contributed by atoms with E-state index < -0.39 is 5.60 Å². The van der Waals surface area contributed by atoms with Gasteiger partial charge in [-0.3, -0.25) is 0 Å². The molecule has 1 aliphatic heterocycles. The van der Waals surface area contributed by atoms with Crippen molar-refractivity contribution in [2.24, 2.45) is 11.8 Å². The van der Waals surface area contributed by atoms with Crippen LogP contribution in [0.15, 0.2) is 22.7 Å². The normalized spacial score (nSPS) is 26.1. The minimum Gasteiger partial charge on any atom is -0.444 e. The largest absolute Gasteiger partial charge is 0.444 e. The third kappa shape index (κ3) is 4.01. The summed E-state index contributed by atoms with van der Waals surface area (Å²) in [6.45, 7) is 8.08. The van der Waals surface area contributed by atoms with Gasteiger partial charge in [0.05, 0.1) is 5.02 Å². The second-order valence-corrected chi connectivity index (χ2v) is 8.63. The number of piperidine rings is 1. The molecule has 1 saturated heterocycles. The summed E-state index contributed by atoms with van der Waals surface area (Å²) in [5.41, 5.74) is 0.745. The number of carbonyl (C=O) groups is 1. The number of carbonyl (C=O) groups excluding carboxylic acids is 1. The number of likely N-dealkylation sites (tertiary alicyclic amines) is 1. The Kier molecular flexibility index (Phi) is 4.64. The van der Waals surface area contributed by atoms with E-state index >= 15 is 0 Å². The van der Waals surface area contributed by atoms with E-state index in [2.05, 4.69) is 27.3 Å². The van der Waals surface area contributed by atoms with Gasteiger partial charge in [0.25, 0.3) is 0 Å². The molecule has 1 amide bonds. The number of benzene rings is 1. The highest BCUT2D eigenvalue weighted by molar-refractivity contribution is 9.10. The molecule has 1 N–H and O–H groups in total. The quantitative estimate of drug-likeness (QED) is 0.830. The van der Waals surface area contributed by atoms with E-state index in [-0.39, 0.29) is 6.09 Å². The van der Waals surface area contributed by atoms with Crippen molar-refractivity contribution in [2.75, 3.05) is 13.1 Å². The van der Waals surface area contributed by atoms with Crippen molar-refractivity contribution in [3.8, 4) is 0 Å². The van der Waals surface area contributed by atoms with Gasteiger partial charge < -0.3 is 15.0 Å². The third-order valence-electron chi connectivity index (χ3n) is 4.37. The van der Waals surface area contributed by atoms with E-state index in [1.807, 2.05) is 37.8 Å². The van der Waals surface area contributed by atoms with Crippen LogP contribution < -0.4 is 5.32 Å². The maximum atomic E-state index is 12.0. The molecule has 0 radical (unpaired) electrons. The van der Waals surface area contributed by atoms with Crippen LogP contribution in [0.1, 0.15) is 26.3 Å². The first-order chi connectivity index (χ1) is 10.7. The smallest absolute Gasteiger partial charge is 0.410 e. The van der Waals surface area contributed by atoms with Gasteiger partial charge in [0.15, 0.2) is 0 Å². The Morgan fingerprint density at radius 1 is 1.39 bits per heavy atom. The average molecular weight is 402 g/mol. The number of hydrogen-bond acceptors (Lipinski definition) is 3. The SMILES string of the molecule is CC(C)(C)OC(=O)N1CC2C(C1)C2NCc1ccc(Br)c(Cl)c1. The molecule has 3 rings (SSSR count). The number of hydrogen-bond donors (Lipinski definition) is 1. The number of halogens is 2. The number of amides is 1. The van der Waals surface area contributed by atoms with Crippen LogP contribution in [-0.2, 0) is 11.3 Å². The fraction of sp³-hybridized carbons (Fsp3) is 0.588. The van der Waals surface area contributed by atoms with Crippen LogP contribution in [0.4, 0.5) is 4.79 Å². The van der Waals surface area contributed by atoms with Crippen molar-refractivity contribution in [3.05, 3.63) is 33.3 Å². The Morgan fingerprint density at radius 2 is 2.04 bits per heavy atom. The molecule has 1 aliphatic carbocycles. The van der Waals surface area contributed by atoms with Crippen LogP contribution in [0.25, 0.3) is 0 Å². The van der Waals surface area contributed by atoms with Gasteiger partial charge in [0.1, 0.15) is 5.60 Å². The first-order valence-corrected chi connectivity index (χ1v) is 9.07. The first-order valence-electron chi connectivity index (χ1n) is 7.90. The summed E-state index contributed by atoms with van der Waals surface area (Å²) in [6.07, 6.45) is -0.192. The second kappa shape index (κ2) is 6.26. The van der Waals surface area contributed by atoms with E-state index in [1.165, 1.54) is 5.56 Å². The van der Waals surface area contributed by atoms with E-state index in [0.717, 1.165) is 29.1 Å². The van der Waals surface area contributed by atoms with E-state index in [1.54, 1.807) is 0 Å². The molecule has 1 aromatic carbocycles. The molecule has 0 aromatic heterocycles. The van der Waals surface area contributed by atoms with Gasteiger partial charge in [0.2, 0.25) is 0 Å². The standard InChI is InChI=1S/C17H22BrClN2O2/c1-17(2,3)23-16(22)21-8-11-12(9-21)15(11)20-7-10-4-5-13(18)14(19)6-10/h4-6,11-12,15,20H,7-9H2,1-3H3. The van der Waals surface area contributed by atoms with Gasteiger partial charge in [-0.15, -0.1) is 0 Å². The highest BCUT2D eigenvalue weighted by Gasteiger charge is 2.56. The molecule has 1 heterocycles. The van der Waals surface area contributed by atoms with Crippen molar-refractivity contribution in [1.29, 1.82) is 0 Å². The van der Waals surface area contributed by atoms with Crippen molar-refractivity contribution < 1.29 is 9.53 Å². The van der Waals surface area contributed by atoms with Crippen molar-refractivity contribution >= 4 is 33.6 Å². The fourth-order valence-corrected chi connectivity index (χ4v) is 3.64. The molecule has 4 nitrogen and oxygen atoms in total. The molecule has 126 valence electrons. The van der Waals surface area contributed by atoms with Gasteiger partial charge in [-0.05, 0) is 66.2 Å². The molecule has 2 fully saturated rings. The molecule has 0 spiro atoms. The Labute approximate surface area is 150 Å². The van der Waals surface area contributed by atoms with Crippen LogP contribution in [0.5, 0.6) is 0 Å². The van der Waals surface area contributed by atoms with Crippen LogP contribution in [0.3, 0.4) is 0 Å². The van der Waals surface area contributed by atoms with Crippen LogP contribution in [0.2, 0.25) is 5.02 Å². The first kappa shape index (κ1) is 17.1. The maximum absolute atomic E-state index is 12.0. The molecule has 2 aliphatic rings. The van der Waals surface area contributed by atoms with Crippen LogP contribution >= 0.6 is 27.5 Å². The Bertz CT molecular complexity index is 605. The lowest BCUT2D eigenvalue weighted by Crippen LogP contribution is -2.39. The molecule has 23 heavy (non-hydrogen) atoms. The number of ether oxygens (including phenoxy) is 1. The van der Waals surface area contributed by atoms with Crippen LogP contribution in [0, 0.1) is 11.8 Å². The summed E-state index contributed by atoms with van der Waals surface area (Å²) in [4.78, 5) is 13.9. The minimum absolute atomic E-state index is 0.192.